The Morgan fingerprint density at radius 2 is 1.43 bits per heavy atom. The van der Waals surface area contributed by atoms with Gasteiger partial charge in [0.05, 0.1) is 12.4 Å². The fourth-order valence-electron chi connectivity index (χ4n) is 3.68. The van der Waals surface area contributed by atoms with Gasteiger partial charge in [0.1, 0.15) is 11.4 Å². The Kier molecular flexibility index (Phi) is 9.74. The Bertz CT molecular complexity index is 1490. The monoisotopic (exact) mass is 551 g/mol. The molecule has 0 fully saturated rings. The van der Waals surface area contributed by atoms with E-state index < -0.39 is 11.8 Å². The summed E-state index contributed by atoms with van der Waals surface area (Å²) in [5.74, 6) is -0.341. The second-order valence-corrected chi connectivity index (χ2v) is 10.2. The fourth-order valence-corrected chi connectivity index (χ4v) is 4.60. The zero-order valence-electron chi connectivity index (χ0n) is 22.1. The molecule has 0 aromatic heterocycles. The molecule has 7 nitrogen and oxygen atoms in total. The van der Waals surface area contributed by atoms with Crippen LogP contribution >= 0.6 is 11.8 Å². The molecule has 0 aliphatic carbocycles. The van der Waals surface area contributed by atoms with Gasteiger partial charge in [-0.05, 0) is 73.2 Å². The van der Waals surface area contributed by atoms with Crippen molar-refractivity contribution in [2.24, 2.45) is 0 Å². The van der Waals surface area contributed by atoms with Gasteiger partial charge < -0.3 is 20.7 Å². The highest BCUT2D eigenvalue weighted by Gasteiger charge is 2.17. The van der Waals surface area contributed by atoms with Crippen molar-refractivity contribution in [3.8, 4) is 5.75 Å². The number of hydrogen-bond acceptors (Lipinski definition) is 5. The molecule has 0 heterocycles. The smallest absolute Gasteiger partial charge is 0.272 e. The summed E-state index contributed by atoms with van der Waals surface area (Å²) >= 11 is 1.38. The number of hydrogen-bond donors (Lipinski definition) is 3. The molecule has 0 aliphatic heterocycles. The number of nitrogens with one attached hydrogen (secondary N) is 3. The molecule has 3 amide bonds. The molecule has 0 spiro atoms. The average molecular weight is 552 g/mol. The summed E-state index contributed by atoms with van der Waals surface area (Å²) in [5.41, 5.74) is 2.47. The van der Waals surface area contributed by atoms with E-state index in [1.54, 1.807) is 79.9 Å². The highest BCUT2D eigenvalue weighted by Crippen LogP contribution is 2.27. The van der Waals surface area contributed by atoms with Crippen LogP contribution in [0.1, 0.15) is 22.8 Å². The van der Waals surface area contributed by atoms with Crippen LogP contribution in [0.3, 0.4) is 0 Å². The number of para-hydroxylation sites is 1. The number of carbonyl (C=O) groups excluding carboxylic acids is 3. The number of benzene rings is 4. The van der Waals surface area contributed by atoms with Crippen LogP contribution in [-0.2, 0) is 9.59 Å². The number of rotatable bonds is 10. The van der Waals surface area contributed by atoms with Crippen molar-refractivity contribution in [1.82, 2.24) is 5.32 Å². The number of ether oxygens (including phenoxy) is 1. The predicted octanol–water partition coefficient (Wildman–Crippen LogP) is 6.22. The molecule has 4 rings (SSSR count). The Morgan fingerprint density at radius 3 is 2.10 bits per heavy atom. The van der Waals surface area contributed by atoms with Gasteiger partial charge in [-0.15, -0.1) is 11.8 Å². The van der Waals surface area contributed by atoms with Gasteiger partial charge in [-0.25, -0.2) is 0 Å². The Morgan fingerprint density at radius 1 is 0.775 bits per heavy atom. The summed E-state index contributed by atoms with van der Waals surface area (Å²) < 4.78 is 5.21. The summed E-state index contributed by atoms with van der Waals surface area (Å²) in [6, 6.07) is 32.3. The molecular formula is C32H29N3O4S. The summed E-state index contributed by atoms with van der Waals surface area (Å²) in [5, 5.41) is 8.13. The van der Waals surface area contributed by atoms with Crippen LogP contribution in [0.15, 0.2) is 120 Å². The standard InChI is InChI=1S/C32H29N3O4S/c1-22(30(36)33-25-12-7-4-8-13-25)40-28-15-9-14-26(21-28)34-32(38)29(20-23-16-18-27(39-2)19-17-23)35-31(37)24-10-5-3-6-11-24/h3-22H,1-2H3,(H,33,36)(H,34,38)(H,35,37)/b29-20+. The van der Waals surface area contributed by atoms with Crippen molar-refractivity contribution in [3.05, 3.63) is 126 Å². The first-order chi connectivity index (χ1) is 19.4. The third-order valence-corrected chi connectivity index (χ3v) is 6.86. The first-order valence-electron chi connectivity index (χ1n) is 12.6. The summed E-state index contributed by atoms with van der Waals surface area (Å²) in [7, 11) is 1.58. The lowest BCUT2D eigenvalue weighted by Crippen LogP contribution is -2.30. The van der Waals surface area contributed by atoms with Gasteiger partial charge in [0, 0.05) is 21.8 Å². The molecule has 4 aromatic carbocycles. The molecule has 1 unspecified atom stereocenters. The van der Waals surface area contributed by atoms with Crippen LogP contribution in [0.2, 0.25) is 0 Å². The quantitative estimate of drug-likeness (QED) is 0.161. The van der Waals surface area contributed by atoms with E-state index in [2.05, 4.69) is 16.0 Å². The predicted molar refractivity (Wildman–Crippen MR) is 160 cm³/mol. The average Bonchev–Trinajstić information content (AvgIpc) is 2.98. The minimum atomic E-state index is -0.489. The van der Waals surface area contributed by atoms with E-state index in [0.29, 0.717) is 22.6 Å². The molecule has 3 N–H and O–H groups in total. The Hall–Kier alpha value is -4.82. The van der Waals surface area contributed by atoms with Crippen LogP contribution in [0.25, 0.3) is 6.08 Å². The van der Waals surface area contributed by atoms with E-state index in [9.17, 15) is 14.4 Å². The van der Waals surface area contributed by atoms with Crippen molar-refractivity contribution < 1.29 is 19.1 Å². The van der Waals surface area contributed by atoms with E-state index in [-0.39, 0.29) is 16.9 Å². The van der Waals surface area contributed by atoms with Crippen LogP contribution in [0.4, 0.5) is 11.4 Å². The van der Waals surface area contributed by atoms with Gasteiger partial charge in [-0.3, -0.25) is 14.4 Å². The number of amides is 3. The minimum Gasteiger partial charge on any atom is -0.497 e. The maximum Gasteiger partial charge on any atom is 0.272 e. The van der Waals surface area contributed by atoms with Crippen molar-refractivity contribution in [2.45, 2.75) is 17.1 Å². The van der Waals surface area contributed by atoms with E-state index in [0.717, 1.165) is 10.6 Å². The van der Waals surface area contributed by atoms with E-state index in [1.165, 1.54) is 11.8 Å². The minimum absolute atomic E-state index is 0.0766. The molecule has 202 valence electrons. The third kappa shape index (κ3) is 8.09. The first-order valence-corrected chi connectivity index (χ1v) is 13.5. The van der Waals surface area contributed by atoms with Gasteiger partial charge in [0.2, 0.25) is 5.91 Å². The third-order valence-electron chi connectivity index (χ3n) is 5.77. The van der Waals surface area contributed by atoms with Gasteiger partial charge in [-0.1, -0.05) is 54.6 Å². The summed E-state index contributed by atoms with van der Waals surface area (Å²) in [6.45, 7) is 1.82. The maximum absolute atomic E-state index is 13.4. The molecule has 40 heavy (non-hydrogen) atoms. The molecule has 8 heteroatoms. The van der Waals surface area contributed by atoms with Crippen LogP contribution < -0.4 is 20.7 Å². The van der Waals surface area contributed by atoms with Crippen LogP contribution in [0, 0.1) is 0 Å². The molecule has 0 aliphatic rings. The molecule has 0 radical (unpaired) electrons. The molecule has 1 atom stereocenters. The SMILES string of the molecule is COc1ccc(/C=C(/NC(=O)c2ccccc2)C(=O)Nc2cccc(SC(C)C(=O)Nc3ccccc3)c2)cc1. The molecule has 4 aromatic rings. The van der Waals surface area contributed by atoms with Gasteiger partial charge >= 0.3 is 0 Å². The topological polar surface area (TPSA) is 96.5 Å². The molecule has 0 saturated carbocycles. The summed E-state index contributed by atoms with van der Waals surface area (Å²) in [6.07, 6.45) is 1.60. The van der Waals surface area contributed by atoms with E-state index in [1.807, 2.05) is 49.4 Å². The maximum atomic E-state index is 13.4. The van der Waals surface area contributed by atoms with Gasteiger partial charge in [0.15, 0.2) is 0 Å². The zero-order chi connectivity index (χ0) is 28.3. The number of anilines is 2. The lowest BCUT2D eigenvalue weighted by Gasteiger charge is -2.14. The Labute approximate surface area is 237 Å². The van der Waals surface area contributed by atoms with Crippen molar-refractivity contribution in [1.29, 1.82) is 0 Å². The second-order valence-electron chi connectivity index (χ2n) is 8.75. The highest BCUT2D eigenvalue weighted by molar-refractivity contribution is 8.00. The van der Waals surface area contributed by atoms with E-state index >= 15 is 0 Å². The normalized spacial score (nSPS) is 11.7. The molecule has 0 saturated heterocycles. The largest absolute Gasteiger partial charge is 0.497 e. The van der Waals surface area contributed by atoms with Crippen molar-refractivity contribution in [3.63, 3.8) is 0 Å². The van der Waals surface area contributed by atoms with E-state index in [4.69, 9.17) is 4.74 Å². The van der Waals surface area contributed by atoms with Crippen LogP contribution in [0.5, 0.6) is 5.75 Å². The number of carbonyl (C=O) groups is 3. The lowest BCUT2D eigenvalue weighted by molar-refractivity contribution is -0.115. The van der Waals surface area contributed by atoms with Gasteiger partial charge in [0.25, 0.3) is 11.8 Å². The second kappa shape index (κ2) is 13.8. The molecule has 0 bridgehead atoms. The number of methoxy groups -OCH3 is 1. The number of thioether (sulfide) groups is 1. The zero-order valence-corrected chi connectivity index (χ0v) is 22.9. The van der Waals surface area contributed by atoms with Gasteiger partial charge in [-0.2, -0.15) is 0 Å². The van der Waals surface area contributed by atoms with Crippen molar-refractivity contribution >= 4 is 46.9 Å². The van der Waals surface area contributed by atoms with Crippen molar-refractivity contribution in [2.75, 3.05) is 17.7 Å². The van der Waals surface area contributed by atoms with Crippen LogP contribution in [-0.4, -0.2) is 30.1 Å². The lowest BCUT2D eigenvalue weighted by atomic mass is 10.1. The highest BCUT2D eigenvalue weighted by atomic mass is 32.2. The molecular weight excluding hydrogens is 522 g/mol. The fraction of sp³-hybridized carbons (Fsp3) is 0.0938. The first kappa shape index (κ1) is 28.2. The Balaban J connectivity index is 1.48. The summed E-state index contributed by atoms with van der Waals surface area (Å²) in [4.78, 5) is 39.7.